The van der Waals surface area contributed by atoms with Crippen LogP contribution >= 0.6 is 0 Å². The molecule has 0 atom stereocenters. The molecule has 2 aromatic rings. The Hall–Kier alpha value is -3.11. The van der Waals surface area contributed by atoms with Crippen LogP contribution in [0.3, 0.4) is 0 Å². The fourth-order valence-electron chi connectivity index (χ4n) is 3.79. The molecule has 2 aliphatic rings. The minimum Gasteiger partial charge on any atom is -0.351 e. The van der Waals surface area contributed by atoms with Crippen molar-refractivity contribution in [1.82, 2.24) is 15.3 Å². The Morgan fingerprint density at radius 3 is 2.86 bits per heavy atom. The van der Waals surface area contributed by atoms with E-state index in [0.29, 0.717) is 23.3 Å². The van der Waals surface area contributed by atoms with Crippen molar-refractivity contribution in [1.29, 1.82) is 5.26 Å². The SMILES string of the molecule is CCN1C(=C(C#N)c2nc(NC3CCNCC3)ncc2C)Nc2ccccc21. The number of nitrogens with zero attached hydrogens (tertiary/aromatic N) is 4. The highest BCUT2D eigenvalue weighted by Crippen LogP contribution is 2.38. The molecular weight excluding hydrogens is 350 g/mol. The van der Waals surface area contributed by atoms with Crippen molar-refractivity contribution in [2.45, 2.75) is 32.7 Å². The molecule has 1 saturated heterocycles. The van der Waals surface area contributed by atoms with Crippen molar-refractivity contribution in [2.75, 3.05) is 35.2 Å². The predicted molar refractivity (Wildman–Crippen MR) is 112 cm³/mol. The highest BCUT2D eigenvalue weighted by molar-refractivity contribution is 5.91. The fourth-order valence-corrected chi connectivity index (χ4v) is 3.79. The number of aryl methyl sites for hydroxylation is 1. The molecular formula is C21H25N7. The van der Waals surface area contributed by atoms with Gasteiger partial charge in [-0.05, 0) is 57.5 Å². The van der Waals surface area contributed by atoms with Crippen LogP contribution in [0.15, 0.2) is 36.3 Å². The number of rotatable bonds is 4. The molecule has 3 N–H and O–H groups in total. The van der Waals surface area contributed by atoms with Gasteiger partial charge in [0, 0.05) is 18.8 Å². The predicted octanol–water partition coefficient (Wildman–Crippen LogP) is 3.09. The van der Waals surface area contributed by atoms with Crippen molar-refractivity contribution in [3.05, 3.63) is 47.5 Å². The van der Waals surface area contributed by atoms with Crippen LogP contribution in [0.2, 0.25) is 0 Å². The van der Waals surface area contributed by atoms with E-state index in [1.165, 1.54) is 0 Å². The number of para-hydroxylation sites is 2. The number of nitriles is 1. The summed E-state index contributed by atoms with van der Waals surface area (Å²) in [5.74, 6) is 1.36. The zero-order valence-corrected chi connectivity index (χ0v) is 16.3. The summed E-state index contributed by atoms with van der Waals surface area (Å²) in [6.07, 6.45) is 3.88. The number of anilines is 3. The normalized spacial score (nSPS) is 18.2. The van der Waals surface area contributed by atoms with Gasteiger partial charge in [0.2, 0.25) is 5.95 Å². The molecule has 0 spiro atoms. The van der Waals surface area contributed by atoms with Gasteiger partial charge in [0.05, 0.1) is 17.1 Å². The Balaban J connectivity index is 1.71. The van der Waals surface area contributed by atoms with Crippen molar-refractivity contribution < 1.29 is 0 Å². The van der Waals surface area contributed by atoms with Crippen LogP contribution < -0.4 is 20.9 Å². The number of fused-ring (bicyclic) bond motifs is 1. The third-order valence-electron chi connectivity index (χ3n) is 5.26. The Bertz CT molecular complexity index is 938. The Labute approximate surface area is 165 Å². The minimum absolute atomic E-state index is 0.357. The number of aromatic nitrogens is 2. The van der Waals surface area contributed by atoms with E-state index in [1.807, 2.05) is 25.1 Å². The van der Waals surface area contributed by atoms with Crippen molar-refractivity contribution in [2.24, 2.45) is 0 Å². The second kappa shape index (κ2) is 7.87. The number of allylic oxidation sites excluding steroid dienone is 1. The number of hydrogen-bond donors (Lipinski definition) is 3. The zero-order chi connectivity index (χ0) is 19.5. The molecule has 1 aromatic heterocycles. The molecule has 1 aromatic carbocycles. The largest absolute Gasteiger partial charge is 0.351 e. The average Bonchev–Trinajstić information content (AvgIpc) is 3.10. The molecule has 3 heterocycles. The lowest BCUT2D eigenvalue weighted by Crippen LogP contribution is -2.35. The highest BCUT2D eigenvalue weighted by Gasteiger charge is 2.27. The summed E-state index contributed by atoms with van der Waals surface area (Å²) in [6.45, 7) is 6.78. The van der Waals surface area contributed by atoms with Gasteiger partial charge in [-0.25, -0.2) is 9.97 Å². The van der Waals surface area contributed by atoms with Crippen molar-refractivity contribution in [3.63, 3.8) is 0 Å². The molecule has 0 radical (unpaired) electrons. The first-order valence-corrected chi connectivity index (χ1v) is 9.80. The third-order valence-corrected chi connectivity index (χ3v) is 5.26. The summed E-state index contributed by atoms with van der Waals surface area (Å²) in [5, 5.41) is 20.2. The lowest BCUT2D eigenvalue weighted by molar-refractivity contribution is 0.477. The van der Waals surface area contributed by atoms with Gasteiger partial charge in [-0.1, -0.05) is 12.1 Å². The first-order chi connectivity index (χ1) is 13.7. The lowest BCUT2D eigenvalue weighted by atomic mass is 10.1. The Kier molecular flexibility index (Phi) is 5.13. The van der Waals surface area contributed by atoms with Gasteiger partial charge >= 0.3 is 0 Å². The van der Waals surface area contributed by atoms with Gasteiger partial charge in [-0.2, -0.15) is 5.26 Å². The monoisotopic (exact) mass is 375 g/mol. The van der Waals surface area contributed by atoms with Crippen LogP contribution in [0.1, 0.15) is 31.0 Å². The Morgan fingerprint density at radius 1 is 1.32 bits per heavy atom. The molecule has 1 fully saturated rings. The van der Waals surface area contributed by atoms with Crippen LogP contribution in [0.5, 0.6) is 0 Å². The zero-order valence-electron chi connectivity index (χ0n) is 16.3. The summed E-state index contributed by atoms with van der Waals surface area (Å²) in [4.78, 5) is 11.3. The van der Waals surface area contributed by atoms with E-state index in [1.54, 1.807) is 6.20 Å². The first-order valence-electron chi connectivity index (χ1n) is 9.80. The average molecular weight is 375 g/mol. The number of nitrogens with one attached hydrogen (secondary N) is 3. The van der Waals surface area contributed by atoms with Crippen LogP contribution in [0, 0.1) is 18.3 Å². The molecule has 0 unspecified atom stereocenters. The summed E-state index contributed by atoms with van der Waals surface area (Å²) < 4.78 is 0. The topological polar surface area (TPSA) is 88.9 Å². The molecule has 144 valence electrons. The van der Waals surface area contributed by atoms with Gasteiger partial charge in [-0.3, -0.25) is 0 Å². The summed E-state index contributed by atoms with van der Waals surface area (Å²) in [5.41, 5.74) is 4.17. The van der Waals surface area contributed by atoms with Crippen LogP contribution in [-0.4, -0.2) is 35.6 Å². The van der Waals surface area contributed by atoms with Crippen LogP contribution in [0.4, 0.5) is 17.3 Å². The van der Waals surface area contributed by atoms with Crippen molar-refractivity contribution >= 4 is 22.9 Å². The molecule has 7 heteroatoms. The van der Waals surface area contributed by atoms with Crippen molar-refractivity contribution in [3.8, 4) is 6.07 Å². The van der Waals surface area contributed by atoms with Gasteiger partial charge < -0.3 is 20.9 Å². The Morgan fingerprint density at radius 2 is 2.11 bits per heavy atom. The highest BCUT2D eigenvalue weighted by atomic mass is 15.3. The maximum atomic E-state index is 10.0. The lowest BCUT2D eigenvalue weighted by Gasteiger charge is -2.24. The van der Waals surface area contributed by atoms with E-state index in [2.05, 4.69) is 44.9 Å². The molecule has 7 nitrogen and oxygen atoms in total. The van der Waals surface area contributed by atoms with Crippen LogP contribution in [0.25, 0.3) is 5.57 Å². The number of hydrogen-bond acceptors (Lipinski definition) is 7. The van der Waals surface area contributed by atoms with Crippen LogP contribution in [-0.2, 0) is 0 Å². The smallest absolute Gasteiger partial charge is 0.223 e. The fraction of sp³-hybridized carbons (Fsp3) is 0.381. The van der Waals surface area contributed by atoms with E-state index in [4.69, 9.17) is 4.98 Å². The minimum atomic E-state index is 0.357. The molecule has 0 aliphatic carbocycles. The molecule has 0 saturated carbocycles. The molecule has 0 bridgehead atoms. The number of piperidine rings is 1. The third kappa shape index (κ3) is 3.39. The van der Waals surface area contributed by atoms with E-state index >= 15 is 0 Å². The maximum absolute atomic E-state index is 10.0. The second-order valence-corrected chi connectivity index (χ2v) is 7.12. The van der Waals surface area contributed by atoms with Gasteiger partial charge in [0.25, 0.3) is 0 Å². The first kappa shape index (κ1) is 18.3. The summed E-state index contributed by atoms with van der Waals surface area (Å²) >= 11 is 0. The van der Waals surface area contributed by atoms with E-state index in [0.717, 1.165) is 55.2 Å². The van der Waals surface area contributed by atoms with Gasteiger partial charge in [0.15, 0.2) is 0 Å². The molecule has 2 aliphatic heterocycles. The summed E-state index contributed by atoms with van der Waals surface area (Å²) in [6, 6.07) is 10.8. The molecule has 4 rings (SSSR count). The number of benzene rings is 1. The quantitative estimate of drug-likeness (QED) is 0.708. The van der Waals surface area contributed by atoms with E-state index in [-0.39, 0.29) is 0 Å². The van der Waals surface area contributed by atoms with E-state index in [9.17, 15) is 5.26 Å². The van der Waals surface area contributed by atoms with Gasteiger partial charge in [0.1, 0.15) is 17.5 Å². The van der Waals surface area contributed by atoms with E-state index < -0.39 is 0 Å². The second-order valence-electron chi connectivity index (χ2n) is 7.12. The van der Waals surface area contributed by atoms with Gasteiger partial charge in [-0.15, -0.1) is 0 Å². The molecule has 28 heavy (non-hydrogen) atoms. The maximum Gasteiger partial charge on any atom is 0.223 e. The molecule has 0 amide bonds. The summed E-state index contributed by atoms with van der Waals surface area (Å²) in [7, 11) is 0. The standard InChI is InChI=1S/C21H25N7/c1-3-28-18-7-5-4-6-17(18)26-20(28)16(12-22)19-14(2)13-24-21(27-19)25-15-8-10-23-11-9-15/h4-7,13,15,23,26H,3,8-11H2,1-2H3,(H,24,25,27).